The van der Waals surface area contributed by atoms with E-state index in [2.05, 4.69) is 15.8 Å². The highest BCUT2D eigenvalue weighted by Crippen LogP contribution is 2.18. The Hall–Kier alpha value is -4.12. The lowest BCUT2D eigenvalue weighted by Gasteiger charge is -2.21. The van der Waals surface area contributed by atoms with Crippen LogP contribution >= 0.6 is 0 Å². The molecule has 2 aromatic carbocycles. The molecule has 0 atom stereocenters. The summed E-state index contributed by atoms with van der Waals surface area (Å²) in [5, 5.41) is 9.79. The number of H-pyrrole nitrogens is 1. The van der Waals surface area contributed by atoms with Crippen LogP contribution in [0.4, 0.5) is 5.69 Å². The molecule has 3 amide bonds. The lowest BCUT2D eigenvalue weighted by atomic mass is 10.1. The van der Waals surface area contributed by atoms with Crippen LogP contribution in [0.15, 0.2) is 60.8 Å². The highest BCUT2D eigenvalue weighted by atomic mass is 16.2. The maximum Gasteiger partial charge on any atom is 0.242 e. The third-order valence-electron chi connectivity index (χ3n) is 4.75. The van der Waals surface area contributed by atoms with Gasteiger partial charge in [-0.25, -0.2) is 0 Å². The van der Waals surface area contributed by atoms with Crippen LogP contribution in [0.5, 0.6) is 0 Å². The molecule has 3 aromatic rings. The molecule has 0 saturated carbocycles. The fraction of sp³-hybridized carbons (Fsp3) is 0.217. The van der Waals surface area contributed by atoms with Gasteiger partial charge in [0.1, 0.15) is 0 Å². The first-order valence-corrected chi connectivity index (χ1v) is 9.93. The van der Waals surface area contributed by atoms with Crippen LogP contribution in [-0.4, -0.2) is 29.3 Å². The van der Waals surface area contributed by atoms with Gasteiger partial charge in [0.05, 0.1) is 18.9 Å². The summed E-state index contributed by atoms with van der Waals surface area (Å²) in [4.78, 5) is 41.4. The molecule has 0 unspecified atom stereocenters. The van der Waals surface area contributed by atoms with Gasteiger partial charge in [0, 0.05) is 42.2 Å². The van der Waals surface area contributed by atoms with Crippen molar-refractivity contribution in [2.24, 2.45) is 0 Å². The molecule has 0 fully saturated rings. The van der Waals surface area contributed by atoms with E-state index in [1.54, 1.807) is 30.5 Å². The first-order valence-electron chi connectivity index (χ1n) is 9.93. The molecule has 1 aromatic heterocycles. The third-order valence-corrected chi connectivity index (χ3v) is 4.75. The number of nitriles is 1. The quantitative estimate of drug-likeness (QED) is 0.488. The highest BCUT2D eigenvalue weighted by Gasteiger charge is 2.17. The van der Waals surface area contributed by atoms with Gasteiger partial charge in [0.2, 0.25) is 17.7 Å². The SMILES string of the molecule is N#CCCN(C(=O)CCC(=O)NNC(=O)Cc1c[nH]c2ccccc12)c1ccccc1. The van der Waals surface area contributed by atoms with E-state index in [4.69, 9.17) is 5.26 Å². The number of hydrogen-bond donors (Lipinski definition) is 3. The maximum absolute atomic E-state index is 12.6. The van der Waals surface area contributed by atoms with Gasteiger partial charge < -0.3 is 9.88 Å². The predicted molar refractivity (Wildman–Crippen MR) is 117 cm³/mol. The Labute approximate surface area is 179 Å². The van der Waals surface area contributed by atoms with Gasteiger partial charge in [-0.15, -0.1) is 0 Å². The summed E-state index contributed by atoms with van der Waals surface area (Å²) in [5.41, 5.74) is 7.17. The second kappa shape index (κ2) is 10.6. The second-order valence-corrected chi connectivity index (χ2v) is 6.92. The van der Waals surface area contributed by atoms with Gasteiger partial charge in [-0.1, -0.05) is 36.4 Å². The van der Waals surface area contributed by atoms with E-state index in [0.29, 0.717) is 5.69 Å². The number of amides is 3. The van der Waals surface area contributed by atoms with Gasteiger partial charge >= 0.3 is 0 Å². The van der Waals surface area contributed by atoms with E-state index < -0.39 is 5.91 Å². The van der Waals surface area contributed by atoms with Crippen molar-refractivity contribution in [2.45, 2.75) is 25.7 Å². The number of aromatic amines is 1. The molecule has 8 nitrogen and oxygen atoms in total. The van der Waals surface area contributed by atoms with Crippen molar-refractivity contribution in [2.75, 3.05) is 11.4 Å². The van der Waals surface area contributed by atoms with E-state index in [-0.39, 0.29) is 44.0 Å². The van der Waals surface area contributed by atoms with Crippen molar-refractivity contribution in [1.29, 1.82) is 5.26 Å². The van der Waals surface area contributed by atoms with Crippen molar-refractivity contribution in [3.8, 4) is 6.07 Å². The standard InChI is InChI=1S/C23H23N5O3/c24-13-6-14-28(18-7-2-1-3-8-18)23(31)12-11-21(29)26-27-22(30)15-17-16-25-20-10-5-4-9-19(17)20/h1-5,7-10,16,25H,6,11-12,14-15H2,(H,26,29)(H,27,30). The number of carbonyl (C=O) groups is 3. The predicted octanol–water partition coefficient (Wildman–Crippen LogP) is 2.58. The minimum Gasteiger partial charge on any atom is -0.361 e. The maximum atomic E-state index is 12.6. The van der Waals surface area contributed by atoms with Crippen molar-refractivity contribution >= 4 is 34.3 Å². The molecular formula is C23H23N5O3. The largest absolute Gasteiger partial charge is 0.361 e. The van der Waals surface area contributed by atoms with Crippen molar-refractivity contribution in [3.05, 3.63) is 66.4 Å². The van der Waals surface area contributed by atoms with Crippen LogP contribution < -0.4 is 15.8 Å². The molecule has 1 heterocycles. The molecular weight excluding hydrogens is 394 g/mol. The zero-order valence-electron chi connectivity index (χ0n) is 16.9. The fourth-order valence-corrected chi connectivity index (χ4v) is 3.22. The van der Waals surface area contributed by atoms with E-state index in [9.17, 15) is 14.4 Å². The number of carbonyl (C=O) groups excluding carboxylic acids is 3. The number of nitrogens with one attached hydrogen (secondary N) is 3. The van der Waals surface area contributed by atoms with E-state index in [1.165, 1.54) is 4.90 Å². The lowest BCUT2D eigenvalue weighted by Crippen LogP contribution is -2.43. The Morgan fingerprint density at radius 2 is 1.65 bits per heavy atom. The van der Waals surface area contributed by atoms with Crippen LogP contribution in [0, 0.1) is 11.3 Å². The number of anilines is 1. The first kappa shape index (κ1) is 21.6. The third kappa shape index (κ3) is 5.93. The molecule has 0 aliphatic rings. The van der Waals surface area contributed by atoms with Crippen LogP contribution in [0.2, 0.25) is 0 Å². The van der Waals surface area contributed by atoms with Gasteiger partial charge in [0.25, 0.3) is 0 Å². The van der Waals surface area contributed by atoms with Crippen LogP contribution in [0.25, 0.3) is 10.9 Å². The zero-order chi connectivity index (χ0) is 22.1. The monoisotopic (exact) mass is 417 g/mol. The molecule has 3 rings (SSSR count). The summed E-state index contributed by atoms with van der Waals surface area (Å²) in [6.07, 6.45) is 1.95. The molecule has 0 bridgehead atoms. The number of benzene rings is 2. The number of hydrogen-bond acceptors (Lipinski definition) is 4. The lowest BCUT2D eigenvalue weighted by molar-refractivity contribution is -0.129. The summed E-state index contributed by atoms with van der Waals surface area (Å²) in [6.45, 7) is 0.252. The Bertz CT molecular complexity index is 1100. The average Bonchev–Trinajstić information content (AvgIpc) is 3.20. The molecule has 8 heteroatoms. The van der Waals surface area contributed by atoms with Crippen LogP contribution in [0.3, 0.4) is 0 Å². The smallest absolute Gasteiger partial charge is 0.242 e. The molecule has 3 N–H and O–H groups in total. The summed E-state index contributed by atoms with van der Waals surface area (Å²) in [7, 11) is 0. The number of nitrogens with zero attached hydrogens (tertiary/aromatic N) is 2. The Kier molecular flexibility index (Phi) is 7.38. The summed E-state index contributed by atoms with van der Waals surface area (Å²) in [6, 6.07) is 18.7. The number of aromatic nitrogens is 1. The average molecular weight is 417 g/mol. The fourth-order valence-electron chi connectivity index (χ4n) is 3.22. The minimum atomic E-state index is -0.464. The number of para-hydroxylation sites is 2. The molecule has 31 heavy (non-hydrogen) atoms. The molecule has 0 radical (unpaired) electrons. The number of hydrazine groups is 1. The highest BCUT2D eigenvalue weighted by molar-refractivity contribution is 5.96. The Morgan fingerprint density at radius 1 is 0.935 bits per heavy atom. The Morgan fingerprint density at radius 3 is 2.42 bits per heavy atom. The van der Waals surface area contributed by atoms with E-state index >= 15 is 0 Å². The van der Waals surface area contributed by atoms with Crippen molar-refractivity contribution in [3.63, 3.8) is 0 Å². The summed E-state index contributed by atoms with van der Waals surface area (Å²) in [5.74, 6) is -1.08. The van der Waals surface area contributed by atoms with E-state index in [0.717, 1.165) is 16.5 Å². The summed E-state index contributed by atoms with van der Waals surface area (Å²) >= 11 is 0. The number of fused-ring (bicyclic) bond motifs is 1. The van der Waals surface area contributed by atoms with Crippen LogP contribution in [0.1, 0.15) is 24.8 Å². The molecule has 0 aliphatic heterocycles. The van der Waals surface area contributed by atoms with Crippen LogP contribution in [-0.2, 0) is 20.8 Å². The topological polar surface area (TPSA) is 118 Å². The van der Waals surface area contributed by atoms with E-state index in [1.807, 2.05) is 36.4 Å². The zero-order valence-corrected chi connectivity index (χ0v) is 16.9. The van der Waals surface area contributed by atoms with Gasteiger partial charge in [0.15, 0.2) is 0 Å². The van der Waals surface area contributed by atoms with Crippen molar-refractivity contribution < 1.29 is 14.4 Å². The minimum absolute atomic E-state index is 0.0372. The molecule has 0 saturated heterocycles. The number of rotatable bonds is 8. The Balaban J connectivity index is 1.47. The van der Waals surface area contributed by atoms with Gasteiger partial charge in [-0.2, -0.15) is 5.26 Å². The summed E-state index contributed by atoms with van der Waals surface area (Å²) < 4.78 is 0. The molecule has 0 spiro atoms. The van der Waals surface area contributed by atoms with Gasteiger partial charge in [-0.05, 0) is 23.8 Å². The molecule has 158 valence electrons. The molecule has 0 aliphatic carbocycles. The van der Waals surface area contributed by atoms with Gasteiger partial charge in [-0.3, -0.25) is 25.2 Å². The second-order valence-electron chi connectivity index (χ2n) is 6.92. The normalized spacial score (nSPS) is 10.3. The first-order chi connectivity index (χ1) is 15.1. The van der Waals surface area contributed by atoms with Crippen molar-refractivity contribution in [1.82, 2.24) is 15.8 Å².